The number of urea groups is 1. The third kappa shape index (κ3) is 5.48. The lowest BCUT2D eigenvalue weighted by Gasteiger charge is -2.22. The number of carbonyl (C=O) groups is 4. The maximum absolute atomic E-state index is 12.9. The Bertz CT molecular complexity index is 1080. The highest BCUT2D eigenvalue weighted by atomic mass is 19.4. The smallest absolute Gasteiger partial charge is 0.406 e. The first-order valence-corrected chi connectivity index (χ1v) is 9.80. The number of anilines is 1. The lowest BCUT2D eigenvalue weighted by molar-refractivity contribution is -0.274. The summed E-state index contributed by atoms with van der Waals surface area (Å²) in [5, 5.41) is 5.13. The van der Waals surface area contributed by atoms with Gasteiger partial charge in [-0.05, 0) is 55.8 Å². The standard InChI is InChI=1S/C22H20F3N3O5/c1-13(29)14-3-7-16(8-4-14)26-18(30)11-12-28-19(31)21(2,27-20(28)32)15-5-9-17(10-6-15)33-22(23,24)25/h3-10H,11-12H2,1-2H3,(H,26,30)(H,27,32). The third-order valence-corrected chi connectivity index (χ3v) is 5.08. The molecule has 0 radical (unpaired) electrons. The number of rotatable bonds is 7. The first-order chi connectivity index (χ1) is 15.4. The van der Waals surface area contributed by atoms with Gasteiger partial charge >= 0.3 is 12.4 Å². The fourth-order valence-corrected chi connectivity index (χ4v) is 3.31. The van der Waals surface area contributed by atoms with Crippen LogP contribution in [0, 0.1) is 0 Å². The number of nitrogens with zero attached hydrogens (tertiary/aromatic N) is 1. The van der Waals surface area contributed by atoms with Crippen LogP contribution in [0.3, 0.4) is 0 Å². The minimum absolute atomic E-state index is 0.114. The van der Waals surface area contributed by atoms with E-state index in [-0.39, 0.29) is 24.3 Å². The molecule has 1 aliphatic rings. The highest BCUT2D eigenvalue weighted by molar-refractivity contribution is 6.07. The summed E-state index contributed by atoms with van der Waals surface area (Å²) in [7, 11) is 0. The predicted molar refractivity (Wildman–Crippen MR) is 110 cm³/mol. The molecule has 2 aromatic carbocycles. The van der Waals surface area contributed by atoms with Gasteiger partial charge in [-0.15, -0.1) is 13.2 Å². The van der Waals surface area contributed by atoms with Gasteiger partial charge in [0.25, 0.3) is 5.91 Å². The van der Waals surface area contributed by atoms with Crippen LogP contribution in [0.25, 0.3) is 0 Å². The minimum Gasteiger partial charge on any atom is -0.406 e. The molecule has 0 spiro atoms. The van der Waals surface area contributed by atoms with Crippen molar-refractivity contribution in [2.24, 2.45) is 0 Å². The molecule has 0 bridgehead atoms. The molecule has 1 heterocycles. The van der Waals surface area contributed by atoms with E-state index < -0.39 is 35.5 Å². The van der Waals surface area contributed by atoms with E-state index in [1.807, 2.05) is 0 Å². The monoisotopic (exact) mass is 463 g/mol. The van der Waals surface area contributed by atoms with E-state index in [1.165, 1.54) is 26.0 Å². The molecule has 0 aliphatic carbocycles. The summed E-state index contributed by atoms with van der Waals surface area (Å²) in [4.78, 5) is 49.7. The van der Waals surface area contributed by atoms with Gasteiger partial charge in [-0.1, -0.05) is 12.1 Å². The molecular formula is C22H20F3N3O5. The number of hydrogen-bond donors (Lipinski definition) is 2. The Kier molecular flexibility index (Phi) is 6.43. The van der Waals surface area contributed by atoms with Crippen molar-refractivity contribution < 1.29 is 37.1 Å². The Morgan fingerprint density at radius 3 is 2.21 bits per heavy atom. The summed E-state index contributed by atoms with van der Waals surface area (Å²) >= 11 is 0. The number of halogens is 3. The Balaban J connectivity index is 1.62. The molecule has 1 fully saturated rings. The molecular weight excluding hydrogens is 443 g/mol. The third-order valence-electron chi connectivity index (χ3n) is 5.08. The van der Waals surface area contributed by atoms with Crippen molar-refractivity contribution in [1.82, 2.24) is 10.2 Å². The second-order valence-corrected chi connectivity index (χ2v) is 7.52. The fourth-order valence-electron chi connectivity index (χ4n) is 3.31. The van der Waals surface area contributed by atoms with Gasteiger partial charge in [-0.25, -0.2) is 4.79 Å². The van der Waals surface area contributed by atoms with Crippen LogP contribution < -0.4 is 15.4 Å². The normalized spacial score (nSPS) is 18.2. The van der Waals surface area contributed by atoms with Crippen LogP contribution in [0.15, 0.2) is 48.5 Å². The lowest BCUT2D eigenvalue weighted by atomic mass is 9.92. The number of ketones is 1. The molecule has 1 atom stereocenters. The number of hydrogen-bond acceptors (Lipinski definition) is 5. The Labute approximate surface area is 186 Å². The molecule has 174 valence electrons. The maximum Gasteiger partial charge on any atom is 0.573 e. The molecule has 0 aromatic heterocycles. The predicted octanol–water partition coefficient (Wildman–Crippen LogP) is 3.58. The van der Waals surface area contributed by atoms with E-state index in [9.17, 15) is 32.3 Å². The van der Waals surface area contributed by atoms with Crippen molar-refractivity contribution in [2.45, 2.75) is 32.2 Å². The van der Waals surface area contributed by atoms with Crippen LogP contribution in [0.2, 0.25) is 0 Å². The lowest BCUT2D eigenvalue weighted by Crippen LogP contribution is -2.41. The number of benzene rings is 2. The molecule has 0 saturated carbocycles. The van der Waals surface area contributed by atoms with Gasteiger partial charge in [0.15, 0.2) is 5.78 Å². The van der Waals surface area contributed by atoms with E-state index >= 15 is 0 Å². The van der Waals surface area contributed by atoms with Crippen molar-refractivity contribution in [1.29, 1.82) is 0 Å². The van der Waals surface area contributed by atoms with Crippen molar-refractivity contribution >= 4 is 29.3 Å². The van der Waals surface area contributed by atoms with Crippen LogP contribution >= 0.6 is 0 Å². The van der Waals surface area contributed by atoms with E-state index in [1.54, 1.807) is 24.3 Å². The number of ether oxygens (including phenoxy) is 1. The highest BCUT2D eigenvalue weighted by Crippen LogP contribution is 2.31. The van der Waals surface area contributed by atoms with Crippen LogP contribution in [-0.4, -0.2) is 41.4 Å². The number of amides is 4. The maximum atomic E-state index is 12.9. The van der Waals surface area contributed by atoms with Gasteiger partial charge in [0, 0.05) is 24.2 Å². The topological polar surface area (TPSA) is 105 Å². The zero-order valence-electron chi connectivity index (χ0n) is 17.7. The van der Waals surface area contributed by atoms with Crippen molar-refractivity contribution in [2.75, 3.05) is 11.9 Å². The summed E-state index contributed by atoms with van der Waals surface area (Å²) in [5.74, 6) is -1.67. The second kappa shape index (κ2) is 8.93. The number of carbonyl (C=O) groups excluding carboxylic acids is 4. The van der Waals surface area contributed by atoms with E-state index in [4.69, 9.17) is 0 Å². The molecule has 1 aliphatic heterocycles. The molecule has 33 heavy (non-hydrogen) atoms. The molecule has 1 saturated heterocycles. The molecule has 2 N–H and O–H groups in total. The quantitative estimate of drug-likeness (QED) is 0.483. The molecule has 4 amide bonds. The first-order valence-electron chi connectivity index (χ1n) is 9.80. The van der Waals surface area contributed by atoms with Gasteiger partial charge in [-0.2, -0.15) is 0 Å². The van der Waals surface area contributed by atoms with Crippen LogP contribution in [-0.2, 0) is 15.1 Å². The van der Waals surface area contributed by atoms with E-state index in [0.717, 1.165) is 17.0 Å². The van der Waals surface area contributed by atoms with Crippen molar-refractivity contribution in [3.63, 3.8) is 0 Å². The Morgan fingerprint density at radius 2 is 1.67 bits per heavy atom. The molecule has 1 unspecified atom stereocenters. The van der Waals surface area contributed by atoms with Crippen molar-refractivity contribution in [3.8, 4) is 5.75 Å². The average Bonchev–Trinajstić information content (AvgIpc) is 2.95. The summed E-state index contributed by atoms with van der Waals surface area (Å²) in [6.45, 7) is 2.64. The summed E-state index contributed by atoms with van der Waals surface area (Å²) in [6.07, 6.45) is -5.03. The van der Waals surface area contributed by atoms with Crippen LogP contribution in [0.5, 0.6) is 5.75 Å². The number of Topliss-reactive ketones (excluding diaryl/α,β-unsaturated/α-hetero) is 1. The summed E-state index contributed by atoms with van der Waals surface area (Å²) in [5.41, 5.74) is -0.307. The first kappa shape index (κ1) is 23.8. The average molecular weight is 463 g/mol. The summed E-state index contributed by atoms with van der Waals surface area (Å²) in [6, 6.07) is 10.1. The van der Waals surface area contributed by atoms with Crippen LogP contribution in [0.4, 0.5) is 23.7 Å². The van der Waals surface area contributed by atoms with Gasteiger partial charge in [0.1, 0.15) is 11.3 Å². The zero-order valence-corrected chi connectivity index (χ0v) is 17.7. The minimum atomic E-state index is -4.85. The van der Waals surface area contributed by atoms with Gasteiger partial charge < -0.3 is 15.4 Å². The Hall–Kier alpha value is -3.89. The summed E-state index contributed by atoms with van der Waals surface area (Å²) < 4.78 is 40.8. The Morgan fingerprint density at radius 1 is 1.06 bits per heavy atom. The molecule has 8 nitrogen and oxygen atoms in total. The van der Waals surface area contributed by atoms with E-state index in [0.29, 0.717) is 11.3 Å². The fraction of sp³-hybridized carbons (Fsp3) is 0.273. The van der Waals surface area contributed by atoms with Gasteiger partial charge in [0.2, 0.25) is 5.91 Å². The highest BCUT2D eigenvalue weighted by Gasteiger charge is 2.48. The largest absolute Gasteiger partial charge is 0.573 e. The van der Waals surface area contributed by atoms with Gasteiger partial charge in [0.05, 0.1) is 0 Å². The van der Waals surface area contributed by atoms with Crippen LogP contribution in [0.1, 0.15) is 36.2 Å². The van der Waals surface area contributed by atoms with Gasteiger partial charge in [-0.3, -0.25) is 19.3 Å². The number of imide groups is 1. The molecule has 3 rings (SSSR count). The molecule has 2 aromatic rings. The zero-order chi connectivity index (χ0) is 24.4. The number of nitrogens with one attached hydrogen (secondary N) is 2. The SMILES string of the molecule is CC(=O)c1ccc(NC(=O)CCN2C(=O)NC(C)(c3ccc(OC(F)(F)F)cc3)C2=O)cc1. The van der Waals surface area contributed by atoms with E-state index in [2.05, 4.69) is 15.4 Å². The second-order valence-electron chi connectivity index (χ2n) is 7.52. The molecule has 11 heteroatoms. The number of alkyl halides is 3. The van der Waals surface area contributed by atoms with Crippen molar-refractivity contribution in [3.05, 3.63) is 59.7 Å².